The third-order valence-electron chi connectivity index (χ3n) is 9.34. The summed E-state index contributed by atoms with van der Waals surface area (Å²) in [6.07, 6.45) is 0. The highest BCUT2D eigenvalue weighted by molar-refractivity contribution is 6.96. The van der Waals surface area contributed by atoms with Crippen LogP contribution >= 0.6 is 0 Å². The second-order valence-corrected chi connectivity index (χ2v) is 11.6. The van der Waals surface area contributed by atoms with Crippen molar-refractivity contribution in [1.29, 1.82) is 0 Å². The minimum atomic E-state index is 0.101. The maximum Gasteiger partial charge on any atom is 0.250 e. The van der Waals surface area contributed by atoms with E-state index in [-0.39, 0.29) is 6.71 Å². The first-order chi connectivity index (χ1) is 21.3. The van der Waals surface area contributed by atoms with Crippen molar-refractivity contribution in [3.63, 3.8) is 0 Å². The Labute approximate surface area is 248 Å². The Bertz CT molecular complexity index is 2380. The lowest BCUT2D eigenvalue weighted by Gasteiger charge is -2.26. The molecular weight excluding hydrogens is 523 g/mol. The average molecular weight is 546 g/mol. The number of furan rings is 1. The summed E-state index contributed by atoms with van der Waals surface area (Å²) >= 11 is 0. The first-order valence-electron chi connectivity index (χ1n) is 14.8. The Kier molecular flexibility index (Phi) is 4.56. The Morgan fingerprint density at radius 1 is 0.465 bits per heavy atom. The van der Waals surface area contributed by atoms with Crippen molar-refractivity contribution in [3.05, 3.63) is 140 Å². The van der Waals surface area contributed by atoms with Crippen LogP contribution in [0.2, 0.25) is 0 Å². The fourth-order valence-electron chi connectivity index (χ4n) is 7.55. The van der Waals surface area contributed by atoms with E-state index in [9.17, 15) is 0 Å². The van der Waals surface area contributed by atoms with Crippen molar-refractivity contribution >= 4 is 55.8 Å². The highest BCUT2D eigenvalue weighted by atomic mass is 16.5. The summed E-state index contributed by atoms with van der Waals surface area (Å²) in [4.78, 5) is 0. The SMILES string of the molecule is c1ccc2c(c1)Oc1ccccc1B2c1ccc(-c2c3c(cc4oc5ccccc5c24)-c2cccc4cccc-3c24)cc1. The van der Waals surface area contributed by atoms with Crippen LogP contribution in [0.3, 0.4) is 0 Å². The third kappa shape index (κ3) is 3.14. The number of hydrogen-bond donors (Lipinski definition) is 0. The molecule has 43 heavy (non-hydrogen) atoms. The molecule has 0 saturated heterocycles. The van der Waals surface area contributed by atoms with Crippen molar-refractivity contribution in [1.82, 2.24) is 0 Å². The van der Waals surface area contributed by atoms with Gasteiger partial charge in [0.1, 0.15) is 22.7 Å². The predicted molar refractivity (Wildman–Crippen MR) is 179 cm³/mol. The lowest BCUT2D eigenvalue weighted by molar-refractivity contribution is 0.487. The summed E-state index contributed by atoms with van der Waals surface area (Å²) in [6, 6.07) is 50.0. The van der Waals surface area contributed by atoms with Gasteiger partial charge < -0.3 is 9.15 Å². The van der Waals surface area contributed by atoms with E-state index in [4.69, 9.17) is 9.15 Å². The van der Waals surface area contributed by atoms with E-state index in [1.165, 1.54) is 65.9 Å². The van der Waals surface area contributed by atoms with E-state index in [1.807, 2.05) is 18.2 Å². The second kappa shape index (κ2) is 8.50. The molecule has 0 fully saturated rings. The predicted octanol–water partition coefficient (Wildman–Crippen LogP) is 8.68. The van der Waals surface area contributed by atoms with Gasteiger partial charge in [-0.2, -0.15) is 0 Å². The zero-order valence-electron chi connectivity index (χ0n) is 23.2. The first kappa shape index (κ1) is 23.1. The van der Waals surface area contributed by atoms with Gasteiger partial charge in [0.15, 0.2) is 0 Å². The molecule has 0 spiro atoms. The van der Waals surface area contributed by atoms with E-state index < -0.39 is 0 Å². The standard InChI is InChI=1S/C40H23BO2/c1-4-16-33-28(11-1)40-36(42-33)23-30-27-12-7-9-24-10-8-13-29(37(24)27)39(30)38(40)25-19-21-26(22-20-25)41-31-14-2-5-17-34(31)43-35-18-6-3-15-32(35)41/h1-23H. The zero-order valence-corrected chi connectivity index (χ0v) is 23.2. The molecule has 1 aliphatic carbocycles. The Balaban J connectivity index is 1.24. The van der Waals surface area contributed by atoms with Gasteiger partial charge in [0, 0.05) is 16.3 Å². The second-order valence-electron chi connectivity index (χ2n) is 11.6. The van der Waals surface area contributed by atoms with Crippen LogP contribution in [-0.4, -0.2) is 6.71 Å². The van der Waals surface area contributed by atoms with Gasteiger partial charge in [-0.05, 0) is 73.8 Å². The summed E-state index contributed by atoms with van der Waals surface area (Å²) in [7, 11) is 0. The van der Waals surface area contributed by atoms with Gasteiger partial charge in [0.25, 0.3) is 6.71 Å². The van der Waals surface area contributed by atoms with Crippen LogP contribution in [0.25, 0.3) is 66.1 Å². The van der Waals surface area contributed by atoms with Crippen molar-refractivity contribution in [2.45, 2.75) is 0 Å². The number of ether oxygens (including phenoxy) is 1. The maximum absolute atomic E-state index is 6.52. The summed E-state index contributed by atoms with van der Waals surface area (Å²) in [5, 5.41) is 4.92. The summed E-state index contributed by atoms with van der Waals surface area (Å²) < 4.78 is 12.8. The van der Waals surface area contributed by atoms with Gasteiger partial charge in [-0.3, -0.25) is 0 Å². The molecular formula is C40H23BO2. The van der Waals surface area contributed by atoms with Crippen LogP contribution in [0.15, 0.2) is 144 Å². The van der Waals surface area contributed by atoms with E-state index in [1.54, 1.807) is 0 Å². The Hall–Kier alpha value is -5.54. The lowest BCUT2D eigenvalue weighted by Crippen LogP contribution is -2.54. The molecule has 1 aliphatic heterocycles. The minimum Gasteiger partial charge on any atom is -0.458 e. The van der Waals surface area contributed by atoms with Gasteiger partial charge in [-0.1, -0.05) is 121 Å². The fourth-order valence-corrected chi connectivity index (χ4v) is 7.55. The Morgan fingerprint density at radius 2 is 1.14 bits per heavy atom. The van der Waals surface area contributed by atoms with Crippen molar-refractivity contribution in [2.24, 2.45) is 0 Å². The maximum atomic E-state index is 6.52. The Morgan fingerprint density at radius 3 is 1.91 bits per heavy atom. The molecule has 198 valence electrons. The van der Waals surface area contributed by atoms with Gasteiger partial charge in [0.05, 0.1) is 0 Å². The summed E-state index contributed by atoms with van der Waals surface area (Å²) in [5.74, 6) is 1.85. The number of hydrogen-bond acceptors (Lipinski definition) is 2. The molecule has 0 unspecified atom stereocenters. The lowest BCUT2D eigenvalue weighted by atomic mass is 9.36. The van der Waals surface area contributed by atoms with Crippen molar-refractivity contribution < 1.29 is 9.15 Å². The summed E-state index contributed by atoms with van der Waals surface area (Å²) in [5.41, 5.74) is 13.0. The summed E-state index contributed by atoms with van der Waals surface area (Å²) in [6.45, 7) is 0.101. The highest BCUT2D eigenvalue weighted by Crippen LogP contribution is 2.54. The van der Waals surface area contributed by atoms with Crippen molar-refractivity contribution in [3.8, 4) is 44.9 Å². The van der Waals surface area contributed by atoms with E-state index in [2.05, 4.69) is 121 Å². The quantitative estimate of drug-likeness (QED) is 0.203. The van der Waals surface area contributed by atoms with E-state index >= 15 is 0 Å². The molecule has 1 aromatic heterocycles. The van der Waals surface area contributed by atoms with E-state index in [0.29, 0.717) is 0 Å². The molecule has 10 rings (SSSR count). The van der Waals surface area contributed by atoms with Gasteiger partial charge in [0.2, 0.25) is 0 Å². The van der Waals surface area contributed by atoms with Crippen LogP contribution in [-0.2, 0) is 0 Å². The molecule has 0 saturated carbocycles. The van der Waals surface area contributed by atoms with Gasteiger partial charge in [-0.15, -0.1) is 0 Å². The largest absolute Gasteiger partial charge is 0.458 e. The first-order valence-corrected chi connectivity index (χ1v) is 14.8. The molecule has 0 bridgehead atoms. The van der Waals surface area contributed by atoms with Crippen LogP contribution in [0.4, 0.5) is 0 Å². The molecule has 8 aromatic rings. The normalized spacial score (nSPS) is 12.8. The molecule has 7 aromatic carbocycles. The van der Waals surface area contributed by atoms with Crippen LogP contribution in [0.1, 0.15) is 0 Å². The highest BCUT2D eigenvalue weighted by Gasteiger charge is 2.32. The monoisotopic (exact) mass is 546 g/mol. The van der Waals surface area contributed by atoms with Gasteiger partial charge in [-0.25, -0.2) is 0 Å². The minimum absolute atomic E-state index is 0.101. The fraction of sp³-hybridized carbons (Fsp3) is 0. The number of rotatable bonds is 2. The van der Waals surface area contributed by atoms with Gasteiger partial charge >= 0.3 is 0 Å². The molecule has 0 atom stereocenters. The third-order valence-corrected chi connectivity index (χ3v) is 9.34. The van der Waals surface area contributed by atoms with Crippen LogP contribution < -0.4 is 21.1 Å². The molecule has 0 N–H and O–H groups in total. The smallest absolute Gasteiger partial charge is 0.250 e. The number of benzene rings is 7. The average Bonchev–Trinajstić information content (AvgIpc) is 3.59. The van der Waals surface area contributed by atoms with Crippen LogP contribution in [0, 0.1) is 0 Å². The molecule has 0 radical (unpaired) electrons. The molecule has 3 heteroatoms. The van der Waals surface area contributed by atoms with Crippen LogP contribution in [0.5, 0.6) is 11.5 Å². The zero-order chi connectivity index (χ0) is 28.1. The number of fused-ring (bicyclic) bond motifs is 8. The number of para-hydroxylation sites is 3. The van der Waals surface area contributed by atoms with Crippen molar-refractivity contribution in [2.75, 3.05) is 0 Å². The van der Waals surface area contributed by atoms with E-state index in [0.717, 1.165) is 28.1 Å². The molecule has 0 amide bonds. The molecule has 2 heterocycles. The molecule has 2 nitrogen and oxygen atoms in total. The topological polar surface area (TPSA) is 22.4 Å². The molecule has 2 aliphatic rings.